The molecule has 0 bridgehead atoms. The van der Waals surface area contributed by atoms with Crippen LogP contribution in [-0.4, -0.2) is 66.8 Å². The molecule has 1 saturated heterocycles. The summed E-state index contributed by atoms with van der Waals surface area (Å²) in [7, 11) is 0. The fraction of sp³-hybridized carbons (Fsp3) is 0.786. The SMILES string of the molecule is CC(=O)O[C@@H]1[C@H]2OC(CCl)O[C@H]2[C@H](OC(C)=O)[C@H](F)[C@H]1OC(C)=O. The molecule has 2 rings (SSSR count). The Bertz CT molecular complexity index is 515. The average molecular weight is 369 g/mol. The van der Waals surface area contributed by atoms with Gasteiger partial charge in [0, 0.05) is 20.8 Å². The molecule has 10 heteroatoms. The van der Waals surface area contributed by atoms with Crippen molar-refractivity contribution in [1.82, 2.24) is 0 Å². The Balaban J connectivity index is 2.36. The largest absolute Gasteiger partial charge is 0.456 e. The van der Waals surface area contributed by atoms with Crippen LogP contribution in [0.3, 0.4) is 0 Å². The highest BCUT2D eigenvalue weighted by Crippen LogP contribution is 2.38. The van der Waals surface area contributed by atoms with Crippen molar-refractivity contribution < 1.29 is 42.5 Å². The number of hydrogen-bond donors (Lipinski definition) is 0. The smallest absolute Gasteiger partial charge is 0.303 e. The van der Waals surface area contributed by atoms with Gasteiger partial charge in [-0.2, -0.15) is 0 Å². The summed E-state index contributed by atoms with van der Waals surface area (Å²) in [5.74, 6) is -2.31. The maximum atomic E-state index is 14.9. The van der Waals surface area contributed by atoms with E-state index < -0.39 is 60.9 Å². The Kier molecular flexibility index (Phi) is 6.00. The van der Waals surface area contributed by atoms with Gasteiger partial charge in [0.15, 0.2) is 30.8 Å². The maximum Gasteiger partial charge on any atom is 0.303 e. The van der Waals surface area contributed by atoms with E-state index in [-0.39, 0.29) is 5.88 Å². The molecule has 0 aromatic carbocycles. The molecule has 2 fully saturated rings. The van der Waals surface area contributed by atoms with Gasteiger partial charge in [-0.1, -0.05) is 0 Å². The van der Waals surface area contributed by atoms with Crippen LogP contribution in [0.15, 0.2) is 0 Å². The maximum absolute atomic E-state index is 14.9. The summed E-state index contributed by atoms with van der Waals surface area (Å²) >= 11 is 5.69. The lowest BCUT2D eigenvalue weighted by molar-refractivity contribution is -0.215. The molecule has 24 heavy (non-hydrogen) atoms. The molecular formula is C14H18ClFO8. The van der Waals surface area contributed by atoms with E-state index in [2.05, 4.69) is 0 Å². The minimum atomic E-state index is -1.97. The number of ether oxygens (including phenoxy) is 5. The van der Waals surface area contributed by atoms with Crippen LogP contribution in [0.2, 0.25) is 0 Å². The van der Waals surface area contributed by atoms with Gasteiger partial charge in [0.2, 0.25) is 0 Å². The van der Waals surface area contributed by atoms with Crippen molar-refractivity contribution in [1.29, 1.82) is 0 Å². The summed E-state index contributed by atoms with van der Waals surface area (Å²) in [6.45, 7) is 3.31. The fourth-order valence-electron chi connectivity index (χ4n) is 2.85. The number of fused-ring (bicyclic) bond motifs is 1. The van der Waals surface area contributed by atoms with Gasteiger partial charge in [0.05, 0.1) is 5.88 Å². The lowest BCUT2D eigenvalue weighted by atomic mass is 9.85. The zero-order valence-electron chi connectivity index (χ0n) is 13.3. The number of esters is 3. The van der Waals surface area contributed by atoms with Crippen molar-refractivity contribution in [2.45, 2.75) is 63.8 Å². The number of rotatable bonds is 4. The normalized spacial score (nSPS) is 38.1. The molecule has 2 aliphatic rings. The third-order valence-electron chi connectivity index (χ3n) is 3.57. The molecule has 7 atom stereocenters. The number of carbonyl (C=O) groups is 3. The minimum absolute atomic E-state index is 0.0677. The molecule has 1 heterocycles. The highest BCUT2D eigenvalue weighted by Gasteiger charge is 2.61. The topological polar surface area (TPSA) is 97.4 Å². The van der Waals surface area contributed by atoms with Crippen LogP contribution in [0.1, 0.15) is 20.8 Å². The van der Waals surface area contributed by atoms with Crippen LogP contribution in [0, 0.1) is 0 Å². The Morgan fingerprint density at radius 2 is 1.29 bits per heavy atom. The van der Waals surface area contributed by atoms with Gasteiger partial charge in [0.25, 0.3) is 0 Å². The summed E-state index contributed by atoms with van der Waals surface area (Å²) in [6.07, 6.45) is -9.08. The molecular weight excluding hydrogens is 351 g/mol. The Morgan fingerprint density at radius 1 is 0.875 bits per heavy atom. The number of halogens is 2. The quantitative estimate of drug-likeness (QED) is 0.401. The van der Waals surface area contributed by atoms with Crippen LogP contribution in [0.4, 0.5) is 4.39 Å². The van der Waals surface area contributed by atoms with Crippen molar-refractivity contribution in [2.75, 3.05) is 5.88 Å². The zero-order valence-corrected chi connectivity index (χ0v) is 14.0. The molecule has 0 radical (unpaired) electrons. The van der Waals surface area contributed by atoms with Crippen LogP contribution < -0.4 is 0 Å². The van der Waals surface area contributed by atoms with Crippen molar-refractivity contribution >= 4 is 29.5 Å². The Morgan fingerprint density at radius 3 is 1.75 bits per heavy atom. The van der Waals surface area contributed by atoms with Crippen molar-refractivity contribution in [3.05, 3.63) is 0 Å². The summed E-state index contributed by atoms with van der Waals surface area (Å²) in [4.78, 5) is 33.9. The Labute approximate surface area is 142 Å². The molecule has 0 N–H and O–H groups in total. The highest BCUT2D eigenvalue weighted by molar-refractivity contribution is 6.18. The van der Waals surface area contributed by atoms with E-state index in [1.165, 1.54) is 0 Å². The molecule has 0 spiro atoms. The van der Waals surface area contributed by atoms with E-state index in [1.54, 1.807) is 0 Å². The average Bonchev–Trinajstić information content (AvgIpc) is 2.90. The number of carbonyl (C=O) groups excluding carboxylic acids is 3. The van der Waals surface area contributed by atoms with E-state index in [9.17, 15) is 18.8 Å². The Hall–Kier alpha value is -1.45. The molecule has 0 aromatic rings. The van der Waals surface area contributed by atoms with Crippen molar-refractivity contribution in [3.8, 4) is 0 Å². The van der Waals surface area contributed by atoms with Gasteiger partial charge >= 0.3 is 17.9 Å². The van der Waals surface area contributed by atoms with Crippen LogP contribution in [0.25, 0.3) is 0 Å². The van der Waals surface area contributed by atoms with Crippen LogP contribution in [-0.2, 0) is 38.1 Å². The fourth-order valence-corrected chi connectivity index (χ4v) is 2.99. The number of hydrogen-bond acceptors (Lipinski definition) is 8. The van der Waals surface area contributed by atoms with Gasteiger partial charge in [0.1, 0.15) is 12.2 Å². The molecule has 1 unspecified atom stereocenters. The van der Waals surface area contributed by atoms with Crippen LogP contribution in [0.5, 0.6) is 0 Å². The van der Waals surface area contributed by atoms with E-state index in [0.29, 0.717) is 0 Å². The standard InChI is InChI=1S/C14H18ClFO8/c1-5(17)20-10-9(16)11(21-6(2)18)13-14(12(10)22-7(3)19)24-8(4-15)23-13/h8-14H,4H2,1-3H3/t8?,9-,10-,11-,12+,13+,14-/m1/s1. The van der Waals surface area contributed by atoms with Gasteiger partial charge < -0.3 is 23.7 Å². The highest BCUT2D eigenvalue weighted by atomic mass is 35.5. The number of alkyl halides is 2. The summed E-state index contributed by atoms with van der Waals surface area (Å²) in [5, 5.41) is 0. The molecule has 8 nitrogen and oxygen atoms in total. The monoisotopic (exact) mass is 368 g/mol. The van der Waals surface area contributed by atoms with Crippen molar-refractivity contribution in [2.24, 2.45) is 0 Å². The lowest BCUT2D eigenvalue weighted by Crippen LogP contribution is -2.64. The van der Waals surface area contributed by atoms with Gasteiger partial charge in [-0.25, -0.2) is 4.39 Å². The predicted octanol–water partition coefficient (Wildman–Crippen LogP) is 0.482. The van der Waals surface area contributed by atoms with Gasteiger partial charge in [-0.15, -0.1) is 11.6 Å². The molecule has 1 saturated carbocycles. The van der Waals surface area contributed by atoms with E-state index in [1.807, 2.05) is 0 Å². The zero-order chi connectivity index (χ0) is 18.0. The molecule has 0 aromatic heterocycles. The summed E-state index contributed by atoms with van der Waals surface area (Å²) in [5.41, 5.74) is 0. The second kappa shape index (κ2) is 7.62. The summed E-state index contributed by atoms with van der Waals surface area (Å²) in [6, 6.07) is 0. The second-order valence-corrected chi connectivity index (χ2v) is 5.76. The van der Waals surface area contributed by atoms with Gasteiger partial charge in [-0.05, 0) is 0 Å². The van der Waals surface area contributed by atoms with E-state index >= 15 is 0 Å². The summed E-state index contributed by atoms with van der Waals surface area (Å²) < 4.78 is 40.9. The van der Waals surface area contributed by atoms with Gasteiger partial charge in [-0.3, -0.25) is 14.4 Å². The first-order valence-electron chi connectivity index (χ1n) is 7.27. The lowest BCUT2D eigenvalue weighted by Gasteiger charge is -2.42. The first-order valence-corrected chi connectivity index (χ1v) is 7.80. The second-order valence-electron chi connectivity index (χ2n) is 5.45. The third-order valence-corrected chi connectivity index (χ3v) is 3.82. The molecule has 0 amide bonds. The molecule has 1 aliphatic carbocycles. The third kappa shape index (κ3) is 3.96. The first-order chi connectivity index (χ1) is 11.2. The minimum Gasteiger partial charge on any atom is -0.456 e. The predicted molar refractivity (Wildman–Crippen MR) is 75.8 cm³/mol. The van der Waals surface area contributed by atoms with Crippen molar-refractivity contribution in [3.63, 3.8) is 0 Å². The van der Waals surface area contributed by atoms with E-state index in [0.717, 1.165) is 20.8 Å². The first kappa shape index (κ1) is 18.9. The van der Waals surface area contributed by atoms with Crippen LogP contribution >= 0.6 is 11.6 Å². The molecule has 136 valence electrons. The van der Waals surface area contributed by atoms with E-state index in [4.69, 9.17) is 35.3 Å². The molecule has 1 aliphatic heterocycles.